The molecule has 17 heavy (non-hydrogen) atoms. The van der Waals surface area contributed by atoms with Gasteiger partial charge in [0.1, 0.15) is 5.82 Å². The minimum atomic E-state index is -0.922. The monoisotopic (exact) mass is 257 g/mol. The van der Waals surface area contributed by atoms with E-state index < -0.39 is 18.0 Å². The van der Waals surface area contributed by atoms with Crippen LogP contribution in [0.15, 0.2) is 24.3 Å². The molecule has 0 spiro atoms. The lowest BCUT2D eigenvalue weighted by atomic mass is 10.0. The zero-order chi connectivity index (χ0) is 12.8. The van der Waals surface area contributed by atoms with Crippen LogP contribution in [0.4, 0.5) is 4.39 Å². The van der Waals surface area contributed by atoms with Crippen LogP contribution in [0.3, 0.4) is 0 Å². The Labute approximate surface area is 105 Å². The molecule has 5 heteroatoms. The highest BCUT2D eigenvalue weighted by Gasteiger charge is 2.18. The SMILES string of the molecule is CC(NC(=O)CCS)C(O)c1cccc(F)c1. The lowest BCUT2D eigenvalue weighted by Crippen LogP contribution is -2.37. The van der Waals surface area contributed by atoms with Gasteiger partial charge in [0.25, 0.3) is 0 Å². The molecule has 2 unspecified atom stereocenters. The molecule has 1 aromatic carbocycles. The number of amides is 1. The maximum Gasteiger partial charge on any atom is 0.221 e. The molecule has 0 heterocycles. The van der Waals surface area contributed by atoms with Crippen LogP contribution in [0.25, 0.3) is 0 Å². The van der Waals surface area contributed by atoms with Crippen molar-refractivity contribution >= 4 is 18.5 Å². The normalized spacial score (nSPS) is 14.1. The summed E-state index contributed by atoms with van der Waals surface area (Å²) in [4.78, 5) is 11.3. The van der Waals surface area contributed by atoms with Gasteiger partial charge in [-0.3, -0.25) is 4.79 Å². The first-order chi connectivity index (χ1) is 8.04. The predicted octanol–water partition coefficient (Wildman–Crippen LogP) is 1.68. The number of rotatable bonds is 5. The molecule has 0 saturated heterocycles. The van der Waals surface area contributed by atoms with Gasteiger partial charge in [0.05, 0.1) is 12.1 Å². The molecule has 1 rings (SSSR count). The summed E-state index contributed by atoms with van der Waals surface area (Å²) in [5.74, 6) is -0.132. The van der Waals surface area contributed by atoms with Gasteiger partial charge in [-0.1, -0.05) is 12.1 Å². The minimum absolute atomic E-state index is 0.178. The number of carbonyl (C=O) groups is 1. The number of hydrogen-bond donors (Lipinski definition) is 3. The zero-order valence-corrected chi connectivity index (χ0v) is 10.5. The number of benzene rings is 1. The Kier molecular flexibility index (Phi) is 5.44. The average molecular weight is 257 g/mol. The standard InChI is InChI=1S/C12H16FNO2S/c1-8(14-11(15)5-6-17)12(16)9-3-2-4-10(13)7-9/h2-4,7-8,12,16-17H,5-6H2,1H3,(H,14,15). The number of hydrogen-bond acceptors (Lipinski definition) is 3. The van der Waals surface area contributed by atoms with Gasteiger partial charge < -0.3 is 10.4 Å². The molecule has 3 nitrogen and oxygen atoms in total. The second-order valence-electron chi connectivity index (χ2n) is 3.83. The molecule has 0 bridgehead atoms. The van der Waals surface area contributed by atoms with E-state index in [-0.39, 0.29) is 5.91 Å². The molecule has 0 saturated carbocycles. The van der Waals surface area contributed by atoms with E-state index in [1.807, 2.05) is 0 Å². The van der Waals surface area contributed by atoms with Crippen molar-refractivity contribution in [3.05, 3.63) is 35.6 Å². The van der Waals surface area contributed by atoms with Crippen LogP contribution in [0.2, 0.25) is 0 Å². The van der Waals surface area contributed by atoms with E-state index in [0.717, 1.165) is 0 Å². The van der Waals surface area contributed by atoms with Crippen molar-refractivity contribution in [2.45, 2.75) is 25.5 Å². The molecular weight excluding hydrogens is 241 g/mol. The van der Waals surface area contributed by atoms with E-state index in [0.29, 0.717) is 17.7 Å². The Bertz CT molecular complexity index is 387. The van der Waals surface area contributed by atoms with Crippen molar-refractivity contribution in [1.82, 2.24) is 5.32 Å². The van der Waals surface area contributed by atoms with Crippen LogP contribution in [-0.4, -0.2) is 22.8 Å². The first-order valence-corrected chi connectivity index (χ1v) is 6.01. The largest absolute Gasteiger partial charge is 0.386 e. The van der Waals surface area contributed by atoms with Crippen molar-refractivity contribution in [3.8, 4) is 0 Å². The van der Waals surface area contributed by atoms with Crippen molar-refractivity contribution in [3.63, 3.8) is 0 Å². The summed E-state index contributed by atoms with van der Waals surface area (Å²) in [6.45, 7) is 1.67. The molecule has 0 aliphatic rings. The van der Waals surface area contributed by atoms with Crippen LogP contribution in [0.5, 0.6) is 0 Å². The van der Waals surface area contributed by atoms with Gasteiger partial charge in [-0.25, -0.2) is 4.39 Å². The molecule has 2 N–H and O–H groups in total. The quantitative estimate of drug-likeness (QED) is 0.703. The Hall–Kier alpha value is -1.07. The van der Waals surface area contributed by atoms with E-state index in [9.17, 15) is 14.3 Å². The van der Waals surface area contributed by atoms with Gasteiger partial charge in [-0.2, -0.15) is 12.6 Å². The van der Waals surface area contributed by atoms with Crippen LogP contribution >= 0.6 is 12.6 Å². The van der Waals surface area contributed by atoms with E-state index >= 15 is 0 Å². The summed E-state index contributed by atoms with van der Waals surface area (Å²) >= 11 is 3.94. The van der Waals surface area contributed by atoms with Gasteiger partial charge in [0, 0.05) is 6.42 Å². The fourth-order valence-electron chi connectivity index (χ4n) is 1.49. The minimum Gasteiger partial charge on any atom is -0.386 e. The van der Waals surface area contributed by atoms with Crippen molar-refractivity contribution < 1.29 is 14.3 Å². The summed E-state index contributed by atoms with van der Waals surface area (Å²) in [5, 5.41) is 12.6. The fourth-order valence-corrected chi connectivity index (χ4v) is 1.69. The first kappa shape index (κ1) is 14.0. The van der Waals surface area contributed by atoms with Crippen molar-refractivity contribution in [1.29, 1.82) is 0 Å². The van der Waals surface area contributed by atoms with Crippen LogP contribution in [0.1, 0.15) is 25.0 Å². The van der Waals surface area contributed by atoms with Gasteiger partial charge in [0.2, 0.25) is 5.91 Å². The topological polar surface area (TPSA) is 49.3 Å². The van der Waals surface area contributed by atoms with Gasteiger partial charge in [0.15, 0.2) is 0 Å². The Balaban J connectivity index is 2.63. The number of aliphatic hydroxyl groups is 1. The average Bonchev–Trinajstić information content (AvgIpc) is 2.28. The van der Waals surface area contributed by atoms with E-state index in [1.165, 1.54) is 18.2 Å². The van der Waals surface area contributed by atoms with Crippen LogP contribution < -0.4 is 5.32 Å². The highest BCUT2D eigenvalue weighted by molar-refractivity contribution is 7.80. The molecule has 1 aromatic rings. The van der Waals surface area contributed by atoms with Crippen molar-refractivity contribution in [2.75, 3.05) is 5.75 Å². The lowest BCUT2D eigenvalue weighted by molar-refractivity contribution is -0.122. The summed E-state index contributed by atoms with van der Waals surface area (Å²) in [5.41, 5.74) is 0.448. The smallest absolute Gasteiger partial charge is 0.221 e. The number of aliphatic hydroxyl groups excluding tert-OH is 1. The Morgan fingerprint density at radius 1 is 1.59 bits per heavy atom. The second kappa shape index (κ2) is 6.61. The maximum absolute atomic E-state index is 13.0. The third-order valence-corrected chi connectivity index (χ3v) is 2.61. The highest BCUT2D eigenvalue weighted by atomic mass is 32.1. The summed E-state index contributed by atoms with van der Waals surface area (Å²) in [6, 6.07) is 5.24. The maximum atomic E-state index is 13.0. The summed E-state index contributed by atoms with van der Waals surface area (Å²) in [7, 11) is 0. The zero-order valence-electron chi connectivity index (χ0n) is 9.56. The summed E-state index contributed by atoms with van der Waals surface area (Å²) in [6.07, 6.45) is -0.627. The number of carbonyl (C=O) groups excluding carboxylic acids is 1. The molecule has 0 aliphatic carbocycles. The third kappa shape index (κ3) is 4.36. The Morgan fingerprint density at radius 3 is 2.88 bits per heavy atom. The number of nitrogens with one attached hydrogen (secondary N) is 1. The Morgan fingerprint density at radius 2 is 2.29 bits per heavy atom. The predicted molar refractivity (Wildman–Crippen MR) is 67.4 cm³/mol. The molecule has 0 aliphatic heterocycles. The first-order valence-electron chi connectivity index (χ1n) is 5.38. The number of thiol groups is 1. The highest BCUT2D eigenvalue weighted by Crippen LogP contribution is 2.17. The van der Waals surface area contributed by atoms with Crippen molar-refractivity contribution in [2.24, 2.45) is 0 Å². The molecular formula is C12H16FNO2S. The van der Waals surface area contributed by atoms with Gasteiger partial charge in [-0.05, 0) is 30.4 Å². The van der Waals surface area contributed by atoms with Crippen LogP contribution in [-0.2, 0) is 4.79 Å². The number of halogens is 1. The third-order valence-electron chi connectivity index (χ3n) is 2.39. The van der Waals surface area contributed by atoms with E-state index in [4.69, 9.17) is 0 Å². The second-order valence-corrected chi connectivity index (χ2v) is 4.28. The molecule has 0 aromatic heterocycles. The molecule has 0 fully saturated rings. The molecule has 0 radical (unpaired) electrons. The molecule has 2 atom stereocenters. The molecule has 1 amide bonds. The molecule has 94 valence electrons. The lowest BCUT2D eigenvalue weighted by Gasteiger charge is -2.20. The van der Waals surface area contributed by atoms with Crippen LogP contribution in [0, 0.1) is 5.82 Å². The fraction of sp³-hybridized carbons (Fsp3) is 0.417. The summed E-state index contributed by atoms with van der Waals surface area (Å²) < 4.78 is 13.0. The van der Waals surface area contributed by atoms with E-state index in [1.54, 1.807) is 13.0 Å². The van der Waals surface area contributed by atoms with Gasteiger partial charge in [-0.15, -0.1) is 0 Å². The van der Waals surface area contributed by atoms with E-state index in [2.05, 4.69) is 17.9 Å². The van der Waals surface area contributed by atoms with Gasteiger partial charge >= 0.3 is 0 Å².